The summed E-state index contributed by atoms with van der Waals surface area (Å²) in [7, 11) is 0. The average molecular weight is 296 g/mol. The van der Waals surface area contributed by atoms with Gasteiger partial charge in [0.25, 0.3) is 5.91 Å². The molecule has 0 bridgehead atoms. The molecule has 1 amide bonds. The lowest BCUT2D eigenvalue weighted by Gasteiger charge is -2.02. The smallest absolute Gasteiger partial charge is 0.253 e. The minimum absolute atomic E-state index is 0.154. The lowest BCUT2D eigenvalue weighted by molar-refractivity contribution is 0.0950. The highest BCUT2D eigenvalue weighted by molar-refractivity contribution is 7.13. The fraction of sp³-hybridized carbons (Fsp3) is 0.0667. The Morgan fingerprint density at radius 1 is 1.14 bits per heavy atom. The summed E-state index contributed by atoms with van der Waals surface area (Å²) in [6.07, 6.45) is 6.68. The third-order valence-electron chi connectivity index (χ3n) is 2.81. The normalized spacial score (nSPS) is 10.3. The minimum atomic E-state index is -0.154. The molecule has 0 saturated carbocycles. The topological polar surface area (TPSA) is 67.8 Å². The van der Waals surface area contributed by atoms with Gasteiger partial charge in [0.15, 0.2) is 0 Å². The number of carbonyl (C=O) groups excluding carboxylic acids is 1. The molecule has 0 aliphatic carbocycles. The predicted octanol–water partition coefficient (Wildman–Crippen LogP) is 2.53. The monoisotopic (exact) mass is 296 g/mol. The Hall–Kier alpha value is -2.60. The Labute approximate surface area is 125 Å². The number of aromatic nitrogens is 3. The SMILES string of the molecule is O=C(NCc1csc(-c2cccnc2)n1)c1cccnc1. The van der Waals surface area contributed by atoms with Crippen molar-refractivity contribution in [1.29, 1.82) is 0 Å². The van der Waals surface area contributed by atoms with E-state index in [4.69, 9.17) is 0 Å². The van der Waals surface area contributed by atoms with Gasteiger partial charge in [0.05, 0.1) is 17.8 Å². The summed E-state index contributed by atoms with van der Waals surface area (Å²) in [6.45, 7) is 0.393. The van der Waals surface area contributed by atoms with Crippen molar-refractivity contribution in [3.8, 4) is 10.6 Å². The van der Waals surface area contributed by atoms with E-state index in [1.807, 2.05) is 17.5 Å². The zero-order valence-electron chi connectivity index (χ0n) is 11.1. The number of amides is 1. The largest absolute Gasteiger partial charge is 0.346 e. The quantitative estimate of drug-likeness (QED) is 0.803. The molecular weight excluding hydrogens is 284 g/mol. The van der Waals surface area contributed by atoms with E-state index in [-0.39, 0.29) is 5.91 Å². The van der Waals surface area contributed by atoms with Gasteiger partial charge in [0.1, 0.15) is 5.01 Å². The third kappa shape index (κ3) is 3.29. The first-order chi connectivity index (χ1) is 10.3. The van der Waals surface area contributed by atoms with Gasteiger partial charge in [-0.2, -0.15) is 0 Å². The lowest BCUT2D eigenvalue weighted by atomic mass is 10.2. The van der Waals surface area contributed by atoms with Gasteiger partial charge in [-0.25, -0.2) is 4.98 Å². The molecule has 0 fully saturated rings. The molecule has 1 N–H and O–H groups in total. The number of carbonyl (C=O) groups is 1. The first-order valence-corrected chi connectivity index (χ1v) is 7.24. The van der Waals surface area contributed by atoms with Crippen LogP contribution in [0.25, 0.3) is 10.6 Å². The molecule has 0 aliphatic heterocycles. The summed E-state index contributed by atoms with van der Waals surface area (Å²) in [5.41, 5.74) is 2.35. The van der Waals surface area contributed by atoms with Gasteiger partial charge in [-0.05, 0) is 24.3 Å². The van der Waals surface area contributed by atoms with E-state index < -0.39 is 0 Å². The van der Waals surface area contributed by atoms with E-state index in [1.54, 1.807) is 30.7 Å². The molecule has 6 heteroatoms. The maximum atomic E-state index is 11.9. The van der Waals surface area contributed by atoms with Crippen molar-refractivity contribution in [2.24, 2.45) is 0 Å². The van der Waals surface area contributed by atoms with Crippen LogP contribution in [0.4, 0.5) is 0 Å². The highest BCUT2D eigenvalue weighted by Crippen LogP contribution is 2.22. The Bertz CT molecular complexity index is 728. The molecule has 5 nitrogen and oxygen atoms in total. The second-order valence-electron chi connectivity index (χ2n) is 4.31. The van der Waals surface area contributed by atoms with Crippen LogP contribution in [0.15, 0.2) is 54.4 Å². The Morgan fingerprint density at radius 3 is 2.67 bits per heavy atom. The number of hydrogen-bond acceptors (Lipinski definition) is 5. The van der Waals surface area contributed by atoms with E-state index in [0.29, 0.717) is 12.1 Å². The molecule has 0 aromatic carbocycles. The third-order valence-corrected chi connectivity index (χ3v) is 3.75. The van der Waals surface area contributed by atoms with Crippen molar-refractivity contribution < 1.29 is 4.79 Å². The number of nitrogens with one attached hydrogen (secondary N) is 1. The number of thiazole rings is 1. The number of rotatable bonds is 4. The van der Waals surface area contributed by atoms with Gasteiger partial charge < -0.3 is 5.32 Å². The van der Waals surface area contributed by atoms with E-state index in [0.717, 1.165) is 16.3 Å². The molecule has 0 spiro atoms. The first kappa shape index (κ1) is 13.4. The van der Waals surface area contributed by atoms with Crippen LogP contribution in [-0.2, 0) is 6.54 Å². The zero-order valence-corrected chi connectivity index (χ0v) is 11.9. The van der Waals surface area contributed by atoms with Gasteiger partial charge in [-0.15, -0.1) is 11.3 Å². The molecule has 104 valence electrons. The lowest BCUT2D eigenvalue weighted by Crippen LogP contribution is -2.22. The molecule has 3 aromatic heterocycles. The molecular formula is C15H12N4OS. The molecule has 0 atom stereocenters. The van der Waals surface area contributed by atoms with Gasteiger partial charge in [-0.3, -0.25) is 14.8 Å². The molecule has 0 radical (unpaired) electrons. The van der Waals surface area contributed by atoms with Crippen molar-refractivity contribution in [2.45, 2.75) is 6.54 Å². The predicted molar refractivity (Wildman–Crippen MR) is 80.8 cm³/mol. The molecule has 0 unspecified atom stereocenters. The van der Waals surface area contributed by atoms with E-state index >= 15 is 0 Å². The van der Waals surface area contributed by atoms with E-state index in [9.17, 15) is 4.79 Å². The first-order valence-electron chi connectivity index (χ1n) is 6.36. The minimum Gasteiger partial charge on any atom is -0.346 e. The standard InChI is InChI=1S/C15H12N4OS/c20-14(11-3-1-5-16-7-11)18-9-13-10-21-15(19-13)12-4-2-6-17-8-12/h1-8,10H,9H2,(H,18,20). The van der Waals surface area contributed by atoms with Crippen molar-refractivity contribution in [3.63, 3.8) is 0 Å². The van der Waals surface area contributed by atoms with Gasteiger partial charge >= 0.3 is 0 Å². The molecule has 3 rings (SSSR count). The zero-order chi connectivity index (χ0) is 14.5. The average Bonchev–Trinajstić information content (AvgIpc) is 3.03. The van der Waals surface area contributed by atoms with Gasteiger partial charge in [-0.1, -0.05) is 0 Å². The fourth-order valence-electron chi connectivity index (χ4n) is 1.78. The van der Waals surface area contributed by atoms with E-state index in [1.165, 1.54) is 17.5 Å². The van der Waals surface area contributed by atoms with Crippen molar-refractivity contribution in [2.75, 3.05) is 0 Å². The molecule has 21 heavy (non-hydrogen) atoms. The van der Waals surface area contributed by atoms with Crippen molar-refractivity contribution >= 4 is 17.2 Å². The summed E-state index contributed by atoms with van der Waals surface area (Å²) in [5.74, 6) is -0.154. The van der Waals surface area contributed by atoms with Crippen molar-refractivity contribution in [3.05, 3.63) is 65.7 Å². The second-order valence-corrected chi connectivity index (χ2v) is 5.17. The van der Waals surface area contributed by atoms with Crippen LogP contribution >= 0.6 is 11.3 Å². The summed E-state index contributed by atoms with van der Waals surface area (Å²) < 4.78 is 0. The maximum absolute atomic E-state index is 11.9. The van der Waals surface area contributed by atoms with Crippen LogP contribution in [-0.4, -0.2) is 20.9 Å². The fourth-order valence-corrected chi connectivity index (χ4v) is 2.59. The van der Waals surface area contributed by atoms with Crippen LogP contribution < -0.4 is 5.32 Å². The summed E-state index contributed by atoms with van der Waals surface area (Å²) in [4.78, 5) is 24.4. The summed E-state index contributed by atoms with van der Waals surface area (Å²) in [6, 6.07) is 7.30. The molecule has 3 heterocycles. The summed E-state index contributed by atoms with van der Waals surface area (Å²) >= 11 is 1.54. The van der Waals surface area contributed by atoms with Crippen LogP contribution in [0.2, 0.25) is 0 Å². The molecule has 3 aromatic rings. The number of pyridine rings is 2. The van der Waals surface area contributed by atoms with Crippen LogP contribution in [0.3, 0.4) is 0 Å². The Balaban J connectivity index is 1.64. The van der Waals surface area contributed by atoms with E-state index in [2.05, 4.69) is 20.3 Å². The van der Waals surface area contributed by atoms with Gasteiger partial charge in [0.2, 0.25) is 0 Å². The number of hydrogen-bond donors (Lipinski definition) is 1. The molecule has 0 saturated heterocycles. The highest BCUT2D eigenvalue weighted by Gasteiger charge is 2.08. The second kappa shape index (κ2) is 6.23. The van der Waals surface area contributed by atoms with Crippen molar-refractivity contribution in [1.82, 2.24) is 20.3 Å². The van der Waals surface area contributed by atoms with Crippen LogP contribution in [0, 0.1) is 0 Å². The van der Waals surface area contributed by atoms with Gasteiger partial charge in [0, 0.05) is 35.7 Å². The van der Waals surface area contributed by atoms with Crippen LogP contribution in [0.1, 0.15) is 16.1 Å². The number of nitrogens with zero attached hydrogens (tertiary/aromatic N) is 3. The maximum Gasteiger partial charge on any atom is 0.253 e. The Kier molecular flexibility index (Phi) is 3.97. The summed E-state index contributed by atoms with van der Waals surface area (Å²) in [5, 5.41) is 5.66. The molecule has 0 aliphatic rings. The Morgan fingerprint density at radius 2 is 1.95 bits per heavy atom. The van der Waals surface area contributed by atoms with Crippen LogP contribution in [0.5, 0.6) is 0 Å². The highest BCUT2D eigenvalue weighted by atomic mass is 32.1.